The highest BCUT2D eigenvalue weighted by molar-refractivity contribution is 5.77. The van der Waals surface area contributed by atoms with Crippen LogP contribution < -0.4 is 0 Å². The third-order valence-electron chi connectivity index (χ3n) is 2.69. The molecule has 0 saturated carbocycles. The molecule has 1 heterocycles. The summed E-state index contributed by atoms with van der Waals surface area (Å²) in [7, 11) is 1.75. The molecule has 15 heavy (non-hydrogen) atoms. The topological polar surface area (TPSA) is 60.9 Å². The lowest BCUT2D eigenvalue weighted by molar-refractivity contribution is -0.141. The summed E-state index contributed by atoms with van der Waals surface area (Å²) in [5.41, 5.74) is 0. The number of carbonyl (C=O) groups excluding carboxylic acids is 1. The van der Waals surface area contributed by atoms with E-state index in [-0.39, 0.29) is 11.9 Å². The van der Waals surface area contributed by atoms with E-state index in [0.29, 0.717) is 26.1 Å². The normalized spacial score (nSPS) is 20.4. The van der Waals surface area contributed by atoms with E-state index in [0.717, 1.165) is 6.42 Å². The number of hydrogen-bond donors (Lipinski definition) is 1. The van der Waals surface area contributed by atoms with Crippen molar-refractivity contribution < 1.29 is 14.7 Å². The molecule has 5 heteroatoms. The second-order valence-electron chi connectivity index (χ2n) is 3.97. The maximum Gasteiger partial charge on any atom is 0.319 e. The maximum atomic E-state index is 11.8. The van der Waals surface area contributed by atoms with Gasteiger partial charge in [-0.05, 0) is 12.8 Å². The Hall–Kier alpha value is -1.26. The molecule has 1 N–H and O–H groups in total. The van der Waals surface area contributed by atoms with E-state index in [1.165, 1.54) is 0 Å². The van der Waals surface area contributed by atoms with Crippen LogP contribution in [0.25, 0.3) is 0 Å². The zero-order chi connectivity index (χ0) is 11.4. The van der Waals surface area contributed by atoms with Gasteiger partial charge in [0.25, 0.3) is 0 Å². The number of aliphatic carboxylic acids is 1. The molecule has 1 unspecified atom stereocenters. The number of nitrogens with zero attached hydrogens (tertiary/aromatic N) is 2. The lowest BCUT2D eigenvalue weighted by Crippen LogP contribution is -2.40. The summed E-state index contributed by atoms with van der Waals surface area (Å²) in [6, 6.07) is -0.0550. The molecule has 5 nitrogen and oxygen atoms in total. The van der Waals surface area contributed by atoms with Crippen molar-refractivity contribution in [2.24, 2.45) is 5.92 Å². The van der Waals surface area contributed by atoms with Gasteiger partial charge in [0.05, 0.1) is 5.92 Å². The van der Waals surface area contributed by atoms with Crippen molar-refractivity contribution in [3.8, 4) is 0 Å². The number of hydrogen-bond acceptors (Lipinski definition) is 2. The largest absolute Gasteiger partial charge is 0.481 e. The molecule has 1 aliphatic heterocycles. The smallest absolute Gasteiger partial charge is 0.319 e. The fourth-order valence-corrected chi connectivity index (χ4v) is 1.81. The van der Waals surface area contributed by atoms with Crippen molar-refractivity contribution in [3.05, 3.63) is 0 Å². The SMILES string of the molecule is CCCN(C)C(=O)N1CCC(C(=O)O)C1. The Morgan fingerprint density at radius 1 is 1.53 bits per heavy atom. The van der Waals surface area contributed by atoms with Crippen molar-refractivity contribution in [2.75, 3.05) is 26.7 Å². The first-order chi connectivity index (χ1) is 7.06. The third-order valence-corrected chi connectivity index (χ3v) is 2.69. The first-order valence-corrected chi connectivity index (χ1v) is 5.29. The van der Waals surface area contributed by atoms with Gasteiger partial charge in [-0.15, -0.1) is 0 Å². The van der Waals surface area contributed by atoms with Gasteiger partial charge in [0.1, 0.15) is 0 Å². The molecule has 0 spiro atoms. The minimum Gasteiger partial charge on any atom is -0.481 e. The van der Waals surface area contributed by atoms with Crippen LogP contribution in [-0.2, 0) is 4.79 Å². The van der Waals surface area contributed by atoms with Crippen LogP contribution in [0.2, 0.25) is 0 Å². The van der Waals surface area contributed by atoms with Crippen LogP contribution in [0.3, 0.4) is 0 Å². The van der Waals surface area contributed by atoms with Crippen molar-refractivity contribution in [2.45, 2.75) is 19.8 Å². The van der Waals surface area contributed by atoms with Gasteiger partial charge >= 0.3 is 12.0 Å². The lowest BCUT2D eigenvalue weighted by atomic mass is 10.1. The highest BCUT2D eigenvalue weighted by atomic mass is 16.4. The van der Waals surface area contributed by atoms with Crippen LogP contribution in [0.5, 0.6) is 0 Å². The zero-order valence-electron chi connectivity index (χ0n) is 9.27. The molecule has 86 valence electrons. The number of urea groups is 1. The number of carboxylic acid groups (broad SMARTS) is 1. The number of carboxylic acids is 1. The minimum atomic E-state index is -0.802. The molecule has 1 rings (SSSR count). The van der Waals surface area contributed by atoms with Crippen molar-refractivity contribution in [3.63, 3.8) is 0 Å². The van der Waals surface area contributed by atoms with Crippen LogP contribution in [0, 0.1) is 5.92 Å². The van der Waals surface area contributed by atoms with Gasteiger partial charge in [-0.3, -0.25) is 4.79 Å². The van der Waals surface area contributed by atoms with Crippen molar-refractivity contribution >= 4 is 12.0 Å². The van der Waals surface area contributed by atoms with E-state index in [9.17, 15) is 9.59 Å². The molecule has 0 aliphatic carbocycles. The quantitative estimate of drug-likeness (QED) is 0.757. The van der Waals surface area contributed by atoms with Gasteiger partial charge in [0.2, 0.25) is 0 Å². The zero-order valence-corrected chi connectivity index (χ0v) is 9.27. The Morgan fingerprint density at radius 3 is 2.67 bits per heavy atom. The summed E-state index contributed by atoms with van der Waals surface area (Å²) >= 11 is 0. The number of amides is 2. The highest BCUT2D eigenvalue weighted by Crippen LogP contribution is 2.17. The predicted molar refractivity (Wildman–Crippen MR) is 55.6 cm³/mol. The lowest BCUT2D eigenvalue weighted by Gasteiger charge is -2.23. The summed E-state index contributed by atoms with van der Waals surface area (Å²) in [6.07, 6.45) is 1.49. The van der Waals surface area contributed by atoms with Crippen LogP contribution in [0.1, 0.15) is 19.8 Å². The van der Waals surface area contributed by atoms with E-state index in [1.54, 1.807) is 16.8 Å². The number of rotatable bonds is 3. The van der Waals surface area contributed by atoms with Gasteiger partial charge in [-0.1, -0.05) is 6.92 Å². The van der Waals surface area contributed by atoms with E-state index in [1.807, 2.05) is 6.92 Å². The first kappa shape index (κ1) is 11.8. The Bertz CT molecular complexity index is 255. The Morgan fingerprint density at radius 2 is 2.20 bits per heavy atom. The number of likely N-dealkylation sites (tertiary alicyclic amines) is 1. The average molecular weight is 214 g/mol. The molecule has 0 aromatic carbocycles. The van der Waals surface area contributed by atoms with Gasteiger partial charge in [-0.2, -0.15) is 0 Å². The molecular weight excluding hydrogens is 196 g/mol. The van der Waals surface area contributed by atoms with Gasteiger partial charge in [-0.25, -0.2) is 4.79 Å². The predicted octanol–water partition coefficient (Wildman–Crippen LogP) is 0.855. The Labute approximate surface area is 89.7 Å². The molecular formula is C10H18N2O3. The van der Waals surface area contributed by atoms with E-state index >= 15 is 0 Å². The molecule has 1 aliphatic rings. The Kier molecular flexibility index (Phi) is 3.94. The molecule has 1 atom stereocenters. The standard InChI is InChI=1S/C10H18N2O3/c1-3-5-11(2)10(15)12-6-4-8(7-12)9(13)14/h8H,3-7H2,1-2H3,(H,13,14). The minimum absolute atomic E-state index is 0.0550. The van der Waals surface area contributed by atoms with Gasteiger partial charge < -0.3 is 14.9 Å². The van der Waals surface area contributed by atoms with E-state index in [4.69, 9.17) is 5.11 Å². The van der Waals surface area contributed by atoms with Crippen LogP contribution in [-0.4, -0.2) is 53.6 Å². The summed E-state index contributed by atoms with van der Waals surface area (Å²) < 4.78 is 0. The third kappa shape index (κ3) is 2.84. The number of carbonyl (C=O) groups is 2. The first-order valence-electron chi connectivity index (χ1n) is 5.29. The van der Waals surface area contributed by atoms with E-state index < -0.39 is 5.97 Å². The molecule has 0 aromatic rings. The molecule has 0 aromatic heterocycles. The van der Waals surface area contributed by atoms with Crippen LogP contribution in [0.15, 0.2) is 0 Å². The Balaban J connectivity index is 2.46. The fourth-order valence-electron chi connectivity index (χ4n) is 1.81. The van der Waals surface area contributed by atoms with Crippen LogP contribution in [0.4, 0.5) is 4.79 Å². The fraction of sp³-hybridized carbons (Fsp3) is 0.800. The van der Waals surface area contributed by atoms with Crippen LogP contribution >= 0.6 is 0 Å². The summed E-state index contributed by atoms with van der Waals surface area (Å²) in [6.45, 7) is 3.63. The summed E-state index contributed by atoms with van der Waals surface area (Å²) in [5, 5.41) is 8.80. The molecule has 1 fully saturated rings. The second-order valence-corrected chi connectivity index (χ2v) is 3.97. The van der Waals surface area contributed by atoms with Gasteiger partial charge in [0, 0.05) is 26.7 Å². The molecule has 0 radical (unpaired) electrons. The highest BCUT2D eigenvalue weighted by Gasteiger charge is 2.31. The summed E-state index contributed by atoms with van der Waals surface area (Å²) in [4.78, 5) is 25.7. The molecule has 2 amide bonds. The monoisotopic (exact) mass is 214 g/mol. The second kappa shape index (κ2) is 5.00. The van der Waals surface area contributed by atoms with Crippen molar-refractivity contribution in [1.82, 2.24) is 9.80 Å². The van der Waals surface area contributed by atoms with E-state index in [2.05, 4.69) is 0 Å². The molecule has 1 saturated heterocycles. The average Bonchev–Trinajstić information content (AvgIpc) is 2.65. The van der Waals surface area contributed by atoms with Crippen molar-refractivity contribution in [1.29, 1.82) is 0 Å². The summed E-state index contributed by atoms with van der Waals surface area (Å²) in [5.74, 6) is -1.19. The van der Waals surface area contributed by atoms with Gasteiger partial charge in [0.15, 0.2) is 0 Å². The maximum absolute atomic E-state index is 11.8. The molecule has 0 bridgehead atoms.